The van der Waals surface area contributed by atoms with Crippen LogP contribution in [0.5, 0.6) is 0 Å². The first-order valence-corrected chi connectivity index (χ1v) is 4.46. The standard InChI is InChI=1S/C8H12F3NO/c9-8(10,11)7(13)3-5-1-2-6(4-7)12-5/h5-6,12-13H,1-4H2. The van der Waals surface area contributed by atoms with Gasteiger partial charge in [0.25, 0.3) is 0 Å². The molecule has 0 aromatic carbocycles. The summed E-state index contributed by atoms with van der Waals surface area (Å²) in [5.41, 5.74) is -2.44. The van der Waals surface area contributed by atoms with Crippen molar-refractivity contribution in [2.75, 3.05) is 0 Å². The second kappa shape index (κ2) is 2.60. The first-order chi connectivity index (χ1) is 5.91. The van der Waals surface area contributed by atoms with Crippen LogP contribution in [-0.4, -0.2) is 29.0 Å². The molecule has 13 heavy (non-hydrogen) atoms. The van der Waals surface area contributed by atoms with E-state index in [1.54, 1.807) is 0 Å². The third-order valence-electron chi connectivity index (χ3n) is 3.03. The molecular formula is C8H12F3NO. The van der Waals surface area contributed by atoms with Gasteiger partial charge in [0, 0.05) is 24.9 Å². The predicted molar refractivity (Wildman–Crippen MR) is 40.2 cm³/mol. The van der Waals surface area contributed by atoms with Crippen LogP contribution in [-0.2, 0) is 0 Å². The number of halogens is 3. The Morgan fingerprint density at radius 3 is 2.00 bits per heavy atom. The first kappa shape index (κ1) is 9.27. The van der Waals surface area contributed by atoms with Crippen LogP contribution in [0.15, 0.2) is 0 Å². The second-order valence-corrected chi connectivity index (χ2v) is 4.08. The van der Waals surface area contributed by atoms with E-state index in [-0.39, 0.29) is 24.9 Å². The molecule has 2 bridgehead atoms. The lowest BCUT2D eigenvalue weighted by Crippen LogP contribution is -2.56. The molecule has 0 spiro atoms. The molecule has 2 N–H and O–H groups in total. The lowest BCUT2D eigenvalue weighted by molar-refractivity contribution is -0.271. The molecule has 2 saturated heterocycles. The van der Waals surface area contributed by atoms with Crippen molar-refractivity contribution >= 4 is 0 Å². The topological polar surface area (TPSA) is 32.3 Å². The number of nitrogens with one attached hydrogen (secondary N) is 1. The Balaban J connectivity index is 2.17. The van der Waals surface area contributed by atoms with Crippen LogP contribution in [0.3, 0.4) is 0 Å². The Morgan fingerprint density at radius 1 is 1.15 bits per heavy atom. The number of piperidine rings is 1. The number of hydrogen-bond donors (Lipinski definition) is 2. The molecule has 2 fully saturated rings. The maximum Gasteiger partial charge on any atom is 0.417 e. The van der Waals surface area contributed by atoms with E-state index in [9.17, 15) is 18.3 Å². The highest BCUT2D eigenvalue weighted by molar-refractivity contribution is 5.03. The summed E-state index contributed by atoms with van der Waals surface area (Å²) in [7, 11) is 0. The summed E-state index contributed by atoms with van der Waals surface area (Å²) in [5, 5.41) is 12.5. The van der Waals surface area contributed by atoms with E-state index in [2.05, 4.69) is 5.32 Å². The molecule has 2 aliphatic rings. The van der Waals surface area contributed by atoms with E-state index < -0.39 is 11.8 Å². The van der Waals surface area contributed by atoms with E-state index in [0.29, 0.717) is 0 Å². The highest BCUT2D eigenvalue weighted by Gasteiger charge is 2.58. The van der Waals surface area contributed by atoms with Gasteiger partial charge in [0.1, 0.15) is 0 Å². The summed E-state index contributed by atoms with van der Waals surface area (Å²) in [5.74, 6) is 0. The minimum atomic E-state index is -4.48. The van der Waals surface area contributed by atoms with Gasteiger partial charge < -0.3 is 10.4 Å². The molecule has 2 heterocycles. The van der Waals surface area contributed by atoms with Gasteiger partial charge in [-0.3, -0.25) is 0 Å². The molecule has 5 heteroatoms. The zero-order valence-corrected chi connectivity index (χ0v) is 7.06. The highest BCUT2D eigenvalue weighted by atomic mass is 19.4. The normalized spacial score (nSPS) is 45.2. The van der Waals surface area contributed by atoms with Gasteiger partial charge in [-0.25, -0.2) is 0 Å². The molecule has 2 rings (SSSR count). The minimum Gasteiger partial charge on any atom is -0.380 e. The van der Waals surface area contributed by atoms with Crippen molar-refractivity contribution in [2.24, 2.45) is 0 Å². The van der Waals surface area contributed by atoms with Gasteiger partial charge in [-0.05, 0) is 12.8 Å². The molecule has 76 valence electrons. The highest BCUT2D eigenvalue weighted by Crippen LogP contribution is 2.43. The van der Waals surface area contributed by atoms with Gasteiger partial charge >= 0.3 is 6.18 Å². The Bertz CT molecular complexity index is 204. The molecule has 0 aromatic rings. The quantitative estimate of drug-likeness (QED) is 0.608. The molecule has 0 amide bonds. The molecule has 2 atom stereocenters. The summed E-state index contributed by atoms with van der Waals surface area (Å²) in [6, 6.07) is -0.296. The average Bonchev–Trinajstić information content (AvgIpc) is 2.28. The minimum absolute atomic E-state index is 0.148. The number of alkyl halides is 3. The van der Waals surface area contributed by atoms with Gasteiger partial charge in [0.15, 0.2) is 5.60 Å². The zero-order chi connectivity index (χ0) is 9.69. The Morgan fingerprint density at radius 2 is 1.62 bits per heavy atom. The molecule has 0 radical (unpaired) electrons. The Hall–Kier alpha value is -0.290. The van der Waals surface area contributed by atoms with Crippen molar-refractivity contribution in [1.29, 1.82) is 0 Å². The van der Waals surface area contributed by atoms with Crippen LogP contribution < -0.4 is 5.32 Å². The SMILES string of the molecule is OC1(C(F)(F)F)CC2CCC(C1)N2. The summed E-state index contributed by atoms with van der Waals surface area (Å²) in [6.07, 6.45) is -3.35. The zero-order valence-electron chi connectivity index (χ0n) is 7.06. The number of rotatable bonds is 0. The third-order valence-corrected chi connectivity index (χ3v) is 3.03. The Labute approximate surface area is 74.1 Å². The van der Waals surface area contributed by atoms with E-state index in [1.807, 2.05) is 0 Å². The van der Waals surface area contributed by atoms with Crippen LogP contribution in [0.1, 0.15) is 25.7 Å². The molecule has 2 nitrogen and oxygen atoms in total. The van der Waals surface area contributed by atoms with Crippen LogP contribution >= 0.6 is 0 Å². The summed E-state index contributed by atoms with van der Waals surface area (Å²) in [4.78, 5) is 0. The number of hydrogen-bond acceptors (Lipinski definition) is 2. The van der Waals surface area contributed by atoms with Gasteiger partial charge in [-0.2, -0.15) is 13.2 Å². The summed E-state index contributed by atoms with van der Waals surface area (Å²) >= 11 is 0. The lowest BCUT2D eigenvalue weighted by Gasteiger charge is -2.38. The van der Waals surface area contributed by atoms with Crippen molar-refractivity contribution in [2.45, 2.75) is 49.5 Å². The summed E-state index contributed by atoms with van der Waals surface area (Å²) < 4.78 is 37.3. The van der Waals surface area contributed by atoms with Crippen molar-refractivity contribution in [3.05, 3.63) is 0 Å². The monoisotopic (exact) mass is 195 g/mol. The van der Waals surface area contributed by atoms with E-state index in [0.717, 1.165) is 12.8 Å². The molecule has 0 aliphatic carbocycles. The van der Waals surface area contributed by atoms with E-state index >= 15 is 0 Å². The molecule has 0 saturated carbocycles. The third kappa shape index (κ3) is 1.44. The van der Waals surface area contributed by atoms with Crippen molar-refractivity contribution in [3.8, 4) is 0 Å². The van der Waals surface area contributed by atoms with E-state index in [1.165, 1.54) is 0 Å². The fourth-order valence-corrected chi connectivity index (χ4v) is 2.35. The number of fused-ring (bicyclic) bond motifs is 2. The van der Waals surface area contributed by atoms with Crippen LogP contribution in [0, 0.1) is 0 Å². The maximum atomic E-state index is 12.4. The largest absolute Gasteiger partial charge is 0.417 e. The smallest absolute Gasteiger partial charge is 0.380 e. The maximum absolute atomic E-state index is 12.4. The van der Waals surface area contributed by atoms with Gasteiger partial charge in [-0.1, -0.05) is 0 Å². The van der Waals surface area contributed by atoms with Gasteiger partial charge in [0.05, 0.1) is 0 Å². The van der Waals surface area contributed by atoms with Crippen LogP contribution in [0.25, 0.3) is 0 Å². The Kier molecular flexibility index (Phi) is 1.86. The van der Waals surface area contributed by atoms with Crippen LogP contribution in [0.4, 0.5) is 13.2 Å². The predicted octanol–water partition coefficient (Wildman–Crippen LogP) is 1.19. The fraction of sp³-hybridized carbons (Fsp3) is 1.00. The van der Waals surface area contributed by atoms with Crippen molar-refractivity contribution < 1.29 is 18.3 Å². The lowest BCUT2D eigenvalue weighted by atomic mass is 9.87. The molecule has 2 aliphatic heterocycles. The fourth-order valence-electron chi connectivity index (χ4n) is 2.35. The van der Waals surface area contributed by atoms with Crippen molar-refractivity contribution in [3.63, 3.8) is 0 Å². The first-order valence-electron chi connectivity index (χ1n) is 4.46. The molecule has 2 unspecified atom stereocenters. The van der Waals surface area contributed by atoms with Crippen molar-refractivity contribution in [1.82, 2.24) is 5.32 Å². The number of aliphatic hydroxyl groups is 1. The average molecular weight is 195 g/mol. The van der Waals surface area contributed by atoms with Gasteiger partial charge in [0.2, 0.25) is 0 Å². The summed E-state index contributed by atoms with van der Waals surface area (Å²) in [6.45, 7) is 0. The second-order valence-electron chi connectivity index (χ2n) is 4.08. The molecular weight excluding hydrogens is 183 g/mol. The van der Waals surface area contributed by atoms with E-state index in [4.69, 9.17) is 0 Å². The molecule has 0 aromatic heterocycles. The van der Waals surface area contributed by atoms with Crippen LogP contribution in [0.2, 0.25) is 0 Å². The van der Waals surface area contributed by atoms with Gasteiger partial charge in [-0.15, -0.1) is 0 Å².